The van der Waals surface area contributed by atoms with E-state index in [1.165, 1.54) is 70.7 Å². The molecular formula is C48H28N4. The lowest BCUT2D eigenvalue weighted by molar-refractivity contribution is 1.17. The average molecular weight is 661 g/mol. The van der Waals surface area contributed by atoms with Crippen molar-refractivity contribution >= 4 is 81.6 Å². The van der Waals surface area contributed by atoms with Gasteiger partial charge in [-0.3, -0.25) is 0 Å². The molecule has 4 aromatic heterocycles. The fourth-order valence-electron chi connectivity index (χ4n) is 8.92. The van der Waals surface area contributed by atoms with E-state index >= 15 is 0 Å². The van der Waals surface area contributed by atoms with Crippen LogP contribution in [0.5, 0.6) is 0 Å². The zero-order valence-corrected chi connectivity index (χ0v) is 28.0. The maximum absolute atomic E-state index is 5.24. The predicted molar refractivity (Wildman–Crippen MR) is 217 cm³/mol. The van der Waals surface area contributed by atoms with Crippen molar-refractivity contribution in [3.63, 3.8) is 0 Å². The van der Waals surface area contributed by atoms with Gasteiger partial charge < -0.3 is 8.97 Å². The normalized spacial score (nSPS) is 12.2. The average Bonchev–Trinajstić information content (AvgIpc) is 3.87. The van der Waals surface area contributed by atoms with Crippen LogP contribution in [0.3, 0.4) is 0 Å². The first-order valence-corrected chi connectivity index (χ1v) is 17.8. The standard InChI is InChI=1S/C48H28N4/c1-2-14-29(15-3-1)44-36-21-6-9-25-39(36)49-48(50-44)30-16-12-17-31(28-30)51-41-27-11-8-22-37(41)42-33-19-4-5-20-34(33)43-38-24-13-23-35-32-18-7-10-26-40(32)52(45(35)38)47(43)46(42)51/h1-28H. The van der Waals surface area contributed by atoms with E-state index in [9.17, 15) is 0 Å². The second-order valence-electron chi connectivity index (χ2n) is 13.7. The van der Waals surface area contributed by atoms with E-state index in [-0.39, 0.29) is 0 Å². The smallest absolute Gasteiger partial charge is 0.160 e. The van der Waals surface area contributed by atoms with Gasteiger partial charge in [0.2, 0.25) is 0 Å². The summed E-state index contributed by atoms with van der Waals surface area (Å²) in [6.07, 6.45) is 0. The van der Waals surface area contributed by atoms with Crippen molar-refractivity contribution in [2.24, 2.45) is 0 Å². The van der Waals surface area contributed by atoms with Crippen LogP contribution in [-0.4, -0.2) is 18.9 Å². The number of hydrogen-bond donors (Lipinski definition) is 0. The van der Waals surface area contributed by atoms with Gasteiger partial charge in [0, 0.05) is 54.5 Å². The molecule has 240 valence electrons. The van der Waals surface area contributed by atoms with Crippen molar-refractivity contribution in [1.82, 2.24) is 18.9 Å². The highest BCUT2D eigenvalue weighted by molar-refractivity contribution is 6.38. The lowest BCUT2D eigenvalue weighted by Crippen LogP contribution is -1.98. The molecule has 0 aliphatic rings. The number of aromatic nitrogens is 4. The predicted octanol–water partition coefficient (Wildman–Crippen LogP) is 12.4. The number of fused-ring (bicyclic) bond motifs is 14. The second-order valence-corrected chi connectivity index (χ2v) is 13.7. The molecule has 0 spiro atoms. The van der Waals surface area contributed by atoms with Crippen LogP contribution < -0.4 is 0 Å². The van der Waals surface area contributed by atoms with Crippen LogP contribution in [0.2, 0.25) is 0 Å². The Hall–Kier alpha value is -7.04. The third kappa shape index (κ3) is 3.60. The van der Waals surface area contributed by atoms with E-state index in [4.69, 9.17) is 9.97 Å². The van der Waals surface area contributed by atoms with Crippen molar-refractivity contribution in [2.45, 2.75) is 0 Å². The van der Waals surface area contributed by atoms with Crippen molar-refractivity contribution in [2.75, 3.05) is 0 Å². The molecule has 0 unspecified atom stereocenters. The van der Waals surface area contributed by atoms with Gasteiger partial charge in [-0.05, 0) is 41.1 Å². The Morgan fingerprint density at radius 3 is 1.79 bits per heavy atom. The zero-order valence-electron chi connectivity index (χ0n) is 28.0. The molecule has 12 aromatic rings. The summed E-state index contributed by atoms with van der Waals surface area (Å²) < 4.78 is 5.01. The zero-order chi connectivity index (χ0) is 33.9. The third-order valence-corrected chi connectivity index (χ3v) is 11.0. The Kier molecular flexibility index (Phi) is 5.47. The van der Waals surface area contributed by atoms with Gasteiger partial charge in [0.1, 0.15) is 0 Å². The topological polar surface area (TPSA) is 35.1 Å². The number of hydrogen-bond acceptors (Lipinski definition) is 2. The molecule has 0 bridgehead atoms. The first-order chi connectivity index (χ1) is 25.8. The summed E-state index contributed by atoms with van der Waals surface area (Å²) in [5, 5.41) is 11.2. The van der Waals surface area contributed by atoms with Crippen molar-refractivity contribution < 1.29 is 0 Å². The first-order valence-electron chi connectivity index (χ1n) is 17.8. The fourth-order valence-corrected chi connectivity index (χ4v) is 8.92. The minimum Gasteiger partial charge on any atom is -0.307 e. The molecule has 4 nitrogen and oxygen atoms in total. The van der Waals surface area contributed by atoms with Crippen LogP contribution in [-0.2, 0) is 0 Å². The van der Waals surface area contributed by atoms with Crippen LogP contribution >= 0.6 is 0 Å². The van der Waals surface area contributed by atoms with E-state index in [1.807, 2.05) is 12.1 Å². The maximum atomic E-state index is 5.24. The minimum atomic E-state index is 0.710. The minimum absolute atomic E-state index is 0.710. The molecule has 0 fully saturated rings. The summed E-state index contributed by atoms with van der Waals surface area (Å²) in [5.41, 5.74) is 11.1. The molecule has 0 N–H and O–H groups in total. The highest BCUT2D eigenvalue weighted by Crippen LogP contribution is 2.48. The second kappa shape index (κ2) is 10.3. The lowest BCUT2D eigenvalue weighted by Gasteiger charge is -2.13. The highest BCUT2D eigenvalue weighted by atomic mass is 15.0. The van der Waals surface area contributed by atoms with E-state index in [2.05, 4.69) is 167 Å². The maximum Gasteiger partial charge on any atom is 0.160 e. The molecule has 0 saturated heterocycles. The van der Waals surface area contributed by atoms with E-state index in [0.717, 1.165) is 33.4 Å². The Bertz CT molecular complexity index is 3400. The van der Waals surface area contributed by atoms with Gasteiger partial charge in [-0.1, -0.05) is 140 Å². The molecule has 0 radical (unpaired) electrons. The largest absolute Gasteiger partial charge is 0.307 e. The Morgan fingerprint density at radius 1 is 0.365 bits per heavy atom. The van der Waals surface area contributed by atoms with Gasteiger partial charge in [0.15, 0.2) is 5.82 Å². The summed E-state index contributed by atoms with van der Waals surface area (Å²) >= 11 is 0. The summed E-state index contributed by atoms with van der Waals surface area (Å²) in [7, 11) is 0. The lowest BCUT2D eigenvalue weighted by atomic mass is 9.98. The number of benzene rings is 8. The molecule has 52 heavy (non-hydrogen) atoms. The molecule has 8 aromatic carbocycles. The van der Waals surface area contributed by atoms with Crippen LogP contribution in [0, 0.1) is 0 Å². The summed E-state index contributed by atoms with van der Waals surface area (Å²) in [4.78, 5) is 10.4. The van der Waals surface area contributed by atoms with E-state index in [1.54, 1.807) is 0 Å². The van der Waals surface area contributed by atoms with Gasteiger partial charge in [-0.2, -0.15) is 0 Å². The van der Waals surface area contributed by atoms with Crippen molar-refractivity contribution in [3.8, 4) is 28.3 Å². The SMILES string of the molecule is c1ccc(-c2nc(-c3cccc(-n4c5ccccc5c5c6ccccc6c6c7cccc8c9ccccc9n(c87)c6c54)c3)nc3ccccc23)cc1. The monoisotopic (exact) mass is 660 g/mol. The van der Waals surface area contributed by atoms with Crippen molar-refractivity contribution in [3.05, 3.63) is 170 Å². The molecule has 0 saturated carbocycles. The molecule has 4 heterocycles. The van der Waals surface area contributed by atoms with Gasteiger partial charge in [0.05, 0.1) is 38.8 Å². The van der Waals surface area contributed by atoms with Gasteiger partial charge in [-0.25, -0.2) is 9.97 Å². The van der Waals surface area contributed by atoms with Gasteiger partial charge in [0.25, 0.3) is 0 Å². The molecule has 0 aliphatic carbocycles. The van der Waals surface area contributed by atoms with E-state index < -0.39 is 0 Å². The van der Waals surface area contributed by atoms with Gasteiger partial charge in [-0.15, -0.1) is 0 Å². The first kappa shape index (κ1) is 27.7. The highest BCUT2D eigenvalue weighted by Gasteiger charge is 2.26. The Balaban J connectivity index is 1.24. The van der Waals surface area contributed by atoms with E-state index in [0.29, 0.717) is 5.82 Å². The van der Waals surface area contributed by atoms with Crippen LogP contribution in [0.1, 0.15) is 0 Å². The number of rotatable bonds is 3. The van der Waals surface area contributed by atoms with Crippen LogP contribution in [0.4, 0.5) is 0 Å². The van der Waals surface area contributed by atoms with Crippen molar-refractivity contribution in [1.29, 1.82) is 0 Å². The molecule has 0 amide bonds. The van der Waals surface area contributed by atoms with Crippen LogP contribution in [0.25, 0.3) is 110 Å². The summed E-state index contributed by atoms with van der Waals surface area (Å²) in [6.45, 7) is 0. The number of para-hydroxylation sites is 4. The summed E-state index contributed by atoms with van der Waals surface area (Å²) in [5.74, 6) is 0.710. The molecule has 12 rings (SSSR count). The van der Waals surface area contributed by atoms with Gasteiger partial charge >= 0.3 is 0 Å². The Morgan fingerprint density at radius 2 is 0.962 bits per heavy atom. The number of nitrogens with zero attached hydrogens (tertiary/aromatic N) is 4. The Labute approximate surface area is 297 Å². The third-order valence-electron chi connectivity index (χ3n) is 11.0. The van der Waals surface area contributed by atoms with Crippen LogP contribution in [0.15, 0.2) is 170 Å². The molecule has 0 atom stereocenters. The molecule has 4 heteroatoms. The molecule has 0 aliphatic heterocycles. The quantitative estimate of drug-likeness (QED) is 0.189. The molecular weight excluding hydrogens is 633 g/mol. The summed E-state index contributed by atoms with van der Waals surface area (Å²) in [6, 6.07) is 60.9. The fraction of sp³-hybridized carbons (Fsp3) is 0.